The molecule has 0 spiro atoms. The van der Waals surface area contributed by atoms with E-state index in [9.17, 15) is 0 Å². The van der Waals surface area contributed by atoms with Crippen molar-refractivity contribution >= 4 is 0 Å². The Hall–Kier alpha value is -2.04. The molecule has 1 aliphatic rings. The number of methoxy groups -OCH3 is 2. The Morgan fingerprint density at radius 2 is 1.19 bits per heavy atom. The molecule has 4 heteroatoms. The number of benzene rings is 2. The number of hydrogen-bond donors (Lipinski definition) is 2. The molecule has 2 aromatic rings. The van der Waals surface area contributed by atoms with Gasteiger partial charge in [-0.25, -0.2) is 0 Å². The van der Waals surface area contributed by atoms with Crippen LogP contribution in [0.15, 0.2) is 42.5 Å². The number of quaternary nitrogens is 2. The van der Waals surface area contributed by atoms with Crippen LogP contribution in [-0.4, -0.2) is 40.4 Å². The van der Waals surface area contributed by atoms with Gasteiger partial charge in [-0.05, 0) is 30.2 Å². The zero-order valence-corrected chi connectivity index (χ0v) is 16.3. The molecule has 140 valence electrons. The number of hydrogen-bond acceptors (Lipinski definition) is 2. The highest BCUT2D eigenvalue weighted by Crippen LogP contribution is 2.27. The summed E-state index contributed by atoms with van der Waals surface area (Å²) in [7, 11) is 3.38. The molecule has 2 aromatic carbocycles. The molecule has 1 saturated heterocycles. The summed E-state index contributed by atoms with van der Waals surface area (Å²) in [5, 5.41) is 0. The summed E-state index contributed by atoms with van der Waals surface area (Å²) < 4.78 is 10.8. The fourth-order valence-corrected chi connectivity index (χ4v) is 3.77. The van der Waals surface area contributed by atoms with Gasteiger partial charge in [0, 0.05) is 11.1 Å². The van der Waals surface area contributed by atoms with Crippen LogP contribution in [-0.2, 0) is 19.5 Å². The Labute approximate surface area is 157 Å². The molecule has 0 bridgehead atoms. The maximum absolute atomic E-state index is 5.43. The minimum atomic E-state index is 0.801. The number of nitrogens with one attached hydrogen (secondary N) is 2. The van der Waals surface area contributed by atoms with Crippen molar-refractivity contribution in [3.8, 4) is 11.5 Å². The minimum Gasteiger partial charge on any atom is -0.493 e. The van der Waals surface area contributed by atoms with Crippen LogP contribution in [0.4, 0.5) is 0 Å². The summed E-state index contributed by atoms with van der Waals surface area (Å²) in [4.78, 5) is 3.35. The van der Waals surface area contributed by atoms with E-state index in [4.69, 9.17) is 9.47 Å². The third kappa shape index (κ3) is 4.77. The van der Waals surface area contributed by atoms with E-state index in [1.54, 1.807) is 24.0 Å². The first-order chi connectivity index (χ1) is 12.7. The van der Waals surface area contributed by atoms with Gasteiger partial charge in [-0.1, -0.05) is 31.2 Å². The van der Waals surface area contributed by atoms with Gasteiger partial charge in [-0.15, -0.1) is 0 Å². The molecule has 3 rings (SSSR count). The first-order valence-electron chi connectivity index (χ1n) is 9.67. The molecular formula is C22H32N2O2+2. The maximum atomic E-state index is 5.43. The lowest BCUT2D eigenvalue weighted by molar-refractivity contribution is -1.02. The van der Waals surface area contributed by atoms with Crippen molar-refractivity contribution in [3.05, 3.63) is 59.2 Å². The largest absolute Gasteiger partial charge is 0.493 e. The topological polar surface area (TPSA) is 27.3 Å². The third-order valence-corrected chi connectivity index (χ3v) is 5.45. The van der Waals surface area contributed by atoms with Gasteiger partial charge in [0.1, 0.15) is 39.3 Å². The molecule has 0 radical (unpaired) electrons. The molecule has 4 nitrogen and oxygen atoms in total. The van der Waals surface area contributed by atoms with E-state index in [1.165, 1.54) is 42.9 Å². The van der Waals surface area contributed by atoms with Gasteiger partial charge >= 0.3 is 0 Å². The van der Waals surface area contributed by atoms with Crippen molar-refractivity contribution in [2.75, 3.05) is 40.4 Å². The summed E-state index contributed by atoms with van der Waals surface area (Å²) >= 11 is 0. The summed E-state index contributed by atoms with van der Waals surface area (Å²) in [6, 6.07) is 15.4. The lowest BCUT2D eigenvalue weighted by Crippen LogP contribution is -3.27. The van der Waals surface area contributed by atoms with Crippen LogP contribution in [0, 0.1) is 0 Å². The molecular weight excluding hydrogens is 324 g/mol. The second kappa shape index (κ2) is 9.06. The van der Waals surface area contributed by atoms with Crippen molar-refractivity contribution in [2.24, 2.45) is 0 Å². The van der Waals surface area contributed by atoms with E-state index >= 15 is 0 Å². The molecule has 0 aliphatic carbocycles. The second-order valence-electron chi connectivity index (χ2n) is 7.21. The van der Waals surface area contributed by atoms with Gasteiger partial charge in [0.15, 0.2) is 11.5 Å². The summed E-state index contributed by atoms with van der Waals surface area (Å²) in [5.74, 6) is 1.62. The fourth-order valence-electron chi connectivity index (χ4n) is 3.77. The zero-order chi connectivity index (χ0) is 18.4. The number of ether oxygens (including phenoxy) is 2. The molecule has 0 amide bonds. The molecule has 1 heterocycles. The van der Waals surface area contributed by atoms with Gasteiger partial charge in [-0.2, -0.15) is 0 Å². The van der Waals surface area contributed by atoms with E-state index in [0.29, 0.717) is 0 Å². The molecule has 0 unspecified atom stereocenters. The highest BCUT2D eigenvalue weighted by molar-refractivity contribution is 5.42. The quantitative estimate of drug-likeness (QED) is 0.766. The van der Waals surface area contributed by atoms with Crippen molar-refractivity contribution in [2.45, 2.75) is 26.4 Å². The van der Waals surface area contributed by atoms with Crippen LogP contribution < -0.4 is 19.3 Å². The summed E-state index contributed by atoms with van der Waals surface area (Å²) in [5.41, 5.74) is 4.20. The van der Waals surface area contributed by atoms with Crippen molar-refractivity contribution in [3.63, 3.8) is 0 Å². The van der Waals surface area contributed by atoms with Crippen LogP contribution in [0.25, 0.3) is 0 Å². The maximum Gasteiger partial charge on any atom is 0.161 e. The molecule has 0 aromatic heterocycles. The minimum absolute atomic E-state index is 0.801. The van der Waals surface area contributed by atoms with E-state index < -0.39 is 0 Å². The molecule has 2 N–H and O–H groups in total. The number of aryl methyl sites for hydroxylation is 1. The van der Waals surface area contributed by atoms with Gasteiger partial charge in [0.05, 0.1) is 14.2 Å². The second-order valence-corrected chi connectivity index (χ2v) is 7.21. The van der Waals surface area contributed by atoms with Crippen LogP contribution in [0.5, 0.6) is 11.5 Å². The zero-order valence-electron chi connectivity index (χ0n) is 16.3. The monoisotopic (exact) mass is 356 g/mol. The Bertz CT molecular complexity index is 692. The normalized spacial score (nSPS) is 20.0. The Kier molecular flexibility index (Phi) is 6.53. The van der Waals surface area contributed by atoms with Crippen LogP contribution in [0.3, 0.4) is 0 Å². The average molecular weight is 357 g/mol. The van der Waals surface area contributed by atoms with E-state index in [-0.39, 0.29) is 0 Å². The SMILES string of the molecule is CCc1ccc(C[NH+]2CC[NH+](Cc3ccc(OC)c(OC)c3)CC2)cc1. The van der Waals surface area contributed by atoms with Crippen molar-refractivity contribution in [1.82, 2.24) is 0 Å². The van der Waals surface area contributed by atoms with Gasteiger partial charge in [0.2, 0.25) is 0 Å². The highest BCUT2D eigenvalue weighted by Gasteiger charge is 2.23. The summed E-state index contributed by atoms with van der Waals surface area (Å²) in [6.07, 6.45) is 1.12. The van der Waals surface area contributed by atoms with Gasteiger partial charge in [0.25, 0.3) is 0 Å². The van der Waals surface area contributed by atoms with Gasteiger partial charge in [-0.3, -0.25) is 0 Å². The van der Waals surface area contributed by atoms with E-state index in [2.05, 4.69) is 43.3 Å². The van der Waals surface area contributed by atoms with Crippen molar-refractivity contribution < 1.29 is 19.3 Å². The van der Waals surface area contributed by atoms with Gasteiger partial charge < -0.3 is 19.3 Å². The predicted molar refractivity (Wildman–Crippen MR) is 104 cm³/mol. The molecule has 26 heavy (non-hydrogen) atoms. The van der Waals surface area contributed by atoms with Crippen LogP contribution >= 0.6 is 0 Å². The lowest BCUT2D eigenvalue weighted by Gasteiger charge is -2.30. The molecule has 1 fully saturated rings. The molecule has 1 aliphatic heterocycles. The average Bonchev–Trinajstić information content (AvgIpc) is 2.70. The Morgan fingerprint density at radius 1 is 0.692 bits per heavy atom. The van der Waals surface area contributed by atoms with Crippen molar-refractivity contribution in [1.29, 1.82) is 0 Å². The lowest BCUT2D eigenvalue weighted by atomic mass is 10.1. The fraction of sp³-hybridized carbons (Fsp3) is 0.455. The highest BCUT2D eigenvalue weighted by atomic mass is 16.5. The smallest absolute Gasteiger partial charge is 0.161 e. The summed E-state index contributed by atoms with van der Waals surface area (Å²) in [6.45, 7) is 9.32. The number of piperazine rings is 1. The van der Waals surface area contributed by atoms with Crippen LogP contribution in [0.1, 0.15) is 23.6 Å². The van der Waals surface area contributed by atoms with E-state index in [0.717, 1.165) is 31.0 Å². The Balaban J connectivity index is 1.50. The molecule has 0 atom stereocenters. The first kappa shape index (κ1) is 18.7. The standard InChI is InChI=1S/C22H30N2O2/c1-4-18-5-7-19(8-6-18)16-23-11-13-24(14-12-23)17-20-9-10-21(25-2)22(15-20)26-3/h5-10,15H,4,11-14,16-17H2,1-3H3/p+2. The number of rotatable bonds is 7. The Morgan fingerprint density at radius 3 is 1.73 bits per heavy atom. The molecule has 0 saturated carbocycles. The van der Waals surface area contributed by atoms with Crippen LogP contribution in [0.2, 0.25) is 0 Å². The van der Waals surface area contributed by atoms with E-state index in [1.807, 2.05) is 6.07 Å². The predicted octanol–water partition coefficient (Wildman–Crippen LogP) is 0.750. The first-order valence-corrected chi connectivity index (χ1v) is 9.67. The third-order valence-electron chi connectivity index (χ3n) is 5.45.